The van der Waals surface area contributed by atoms with Crippen LogP contribution >= 0.6 is 23.0 Å². The average Bonchev–Trinajstić information content (AvgIpc) is 3.25. The van der Waals surface area contributed by atoms with Gasteiger partial charge in [-0.25, -0.2) is 4.79 Å². The number of hydrogen-bond donors (Lipinski definition) is 1. The molecule has 1 amide bonds. The highest BCUT2D eigenvalue weighted by Gasteiger charge is 2.59. The van der Waals surface area contributed by atoms with Crippen LogP contribution in [0.3, 0.4) is 0 Å². The summed E-state index contributed by atoms with van der Waals surface area (Å²) in [4.78, 5) is 12.5. The molecule has 4 rings (SSSR count). The molecule has 1 N–H and O–H groups in total. The van der Waals surface area contributed by atoms with E-state index in [-0.39, 0.29) is 12.2 Å². The standard InChI is InChI=1S/C34H58INO3/c1-24(2)11-10-12-25(3)29-15-16-30-28-14-13-26-23-27(39-32(37)36-21-8-6-7-9-22-38-35)17-19-33(26,4)31(28)18-20-34(29,30)5/h13,24-25,27-31H,6-12,14-23H2,1-5H3,(H,36,37)/t25-,27+,28?,29?,30?,31?,33+,34-/m1/s1. The maximum absolute atomic E-state index is 12.5. The first-order valence-electron chi connectivity index (χ1n) is 16.6. The number of rotatable bonds is 13. The van der Waals surface area contributed by atoms with Gasteiger partial charge in [0.15, 0.2) is 0 Å². The van der Waals surface area contributed by atoms with Crippen LogP contribution < -0.4 is 5.32 Å². The molecule has 3 fully saturated rings. The third kappa shape index (κ3) is 7.38. The Kier molecular flexibility index (Phi) is 11.6. The summed E-state index contributed by atoms with van der Waals surface area (Å²) in [7, 11) is 0. The Morgan fingerprint density at radius 2 is 1.79 bits per heavy atom. The number of allylic oxidation sites excluding steroid dienone is 1. The van der Waals surface area contributed by atoms with Crippen molar-refractivity contribution in [2.24, 2.45) is 46.3 Å². The first-order valence-corrected chi connectivity index (χ1v) is 17.4. The summed E-state index contributed by atoms with van der Waals surface area (Å²) in [6, 6.07) is 0. The summed E-state index contributed by atoms with van der Waals surface area (Å²) < 4.78 is 11.0. The molecule has 4 unspecified atom stereocenters. The topological polar surface area (TPSA) is 47.6 Å². The SMILES string of the molecule is CC(C)CCC[C@@H](C)C1CCC2C3CC=C4C[C@@H](OC(=O)NCCCCCCOI)CC[C@]4(C)C3CC[C@@]21C. The van der Waals surface area contributed by atoms with E-state index >= 15 is 0 Å². The van der Waals surface area contributed by atoms with Gasteiger partial charge in [0, 0.05) is 13.0 Å². The molecule has 8 atom stereocenters. The van der Waals surface area contributed by atoms with Gasteiger partial charge < -0.3 is 13.1 Å². The van der Waals surface area contributed by atoms with E-state index in [4.69, 9.17) is 7.80 Å². The number of fused-ring (bicyclic) bond motifs is 5. The minimum absolute atomic E-state index is 0.0399. The zero-order valence-corrected chi connectivity index (χ0v) is 27.9. The molecular weight excluding hydrogens is 597 g/mol. The van der Waals surface area contributed by atoms with Gasteiger partial charge in [-0.1, -0.05) is 78.4 Å². The predicted molar refractivity (Wildman–Crippen MR) is 170 cm³/mol. The Bertz CT molecular complexity index is 829. The van der Waals surface area contributed by atoms with Crippen LogP contribution in [0.2, 0.25) is 0 Å². The van der Waals surface area contributed by atoms with Crippen molar-refractivity contribution < 1.29 is 12.6 Å². The largest absolute Gasteiger partial charge is 0.446 e. The van der Waals surface area contributed by atoms with Crippen LogP contribution in [0.25, 0.3) is 0 Å². The van der Waals surface area contributed by atoms with Gasteiger partial charge in [-0.15, -0.1) is 0 Å². The Labute approximate surface area is 254 Å². The van der Waals surface area contributed by atoms with E-state index in [1.54, 1.807) is 5.57 Å². The second-order valence-electron chi connectivity index (χ2n) is 14.7. The highest BCUT2D eigenvalue weighted by Crippen LogP contribution is 2.67. The van der Waals surface area contributed by atoms with Crippen molar-refractivity contribution in [3.63, 3.8) is 0 Å². The highest BCUT2D eigenvalue weighted by molar-refractivity contribution is 14.1. The number of amides is 1. The molecule has 0 aliphatic heterocycles. The molecule has 5 heteroatoms. The van der Waals surface area contributed by atoms with E-state index in [1.807, 2.05) is 23.0 Å². The fourth-order valence-corrected chi connectivity index (χ4v) is 10.1. The van der Waals surface area contributed by atoms with Gasteiger partial charge in [0.25, 0.3) is 0 Å². The normalized spacial score (nSPS) is 36.5. The molecule has 0 aromatic rings. The lowest BCUT2D eigenvalue weighted by molar-refractivity contribution is -0.0581. The molecule has 4 aliphatic carbocycles. The average molecular weight is 656 g/mol. The fraction of sp³-hybridized carbons (Fsp3) is 0.912. The van der Waals surface area contributed by atoms with Crippen LogP contribution in [0.1, 0.15) is 131 Å². The Balaban J connectivity index is 1.29. The highest BCUT2D eigenvalue weighted by atomic mass is 127. The number of hydrogen-bond acceptors (Lipinski definition) is 3. The molecule has 3 saturated carbocycles. The molecule has 4 nitrogen and oxygen atoms in total. The zero-order valence-electron chi connectivity index (χ0n) is 25.7. The molecular formula is C34H58INO3. The van der Waals surface area contributed by atoms with Crippen molar-refractivity contribution in [2.45, 2.75) is 137 Å². The van der Waals surface area contributed by atoms with Crippen molar-refractivity contribution in [3.8, 4) is 0 Å². The van der Waals surface area contributed by atoms with Crippen molar-refractivity contribution in [1.29, 1.82) is 0 Å². The molecule has 0 radical (unpaired) electrons. The second kappa shape index (κ2) is 14.2. The van der Waals surface area contributed by atoms with E-state index in [0.717, 1.165) is 80.6 Å². The maximum Gasteiger partial charge on any atom is 0.407 e. The second-order valence-corrected chi connectivity index (χ2v) is 15.3. The maximum atomic E-state index is 12.5. The van der Waals surface area contributed by atoms with E-state index in [0.29, 0.717) is 17.4 Å². The summed E-state index contributed by atoms with van der Waals surface area (Å²) in [6.07, 6.45) is 21.1. The fourth-order valence-electron chi connectivity index (χ4n) is 9.77. The summed E-state index contributed by atoms with van der Waals surface area (Å²) in [5.74, 6) is 5.19. The smallest absolute Gasteiger partial charge is 0.407 e. The molecule has 0 spiro atoms. The first kappa shape index (κ1) is 31.6. The van der Waals surface area contributed by atoms with Gasteiger partial charge in [-0.2, -0.15) is 0 Å². The minimum Gasteiger partial charge on any atom is -0.446 e. The molecule has 0 aromatic heterocycles. The van der Waals surface area contributed by atoms with Crippen molar-refractivity contribution >= 4 is 29.1 Å². The molecule has 0 heterocycles. The van der Waals surface area contributed by atoms with Gasteiger partial charge in [0.2, 0.25) is 0 Å². The van der Waals surface area contributed by atoms with E-state index in [2.05, 4.69) is 46.0 Å². The lowest BCUT2D eigenvalue weighted by Crippen LogP contribution is -2.51. The monoisotopic (exact) mass is 655 g/mol. The van der Waals surface area contributed by atoms with Gasteiger partial charge in [-0.3, -0.25) is 0 Å². The number of nitrogens with one attached hydrogen (secondary N) is 1. The number of carbonyl (C=O) groups is 1. The van der Waals surface area contributed by atoms with E-state index in [9.17, 15) is 4.79 Å². The third-order valence-electron chi connectivity index (χ3n) is 12.0. The van der Waals surface area contributed by atoms with E-state index in [1.165, 1.54) is 57.8 Å². The van der Waals surface area contributed by atoms with Crippen LogP contribution in [0.4, 0.5) is 4.79 Å². The number of ether oxygens (including phenoxy) is 1. The molecule has 39 heavy (non-hydrogen) atoms. The predicted octanol–water partition coefficient (Wildman–Crippen LogP) is 10.0. The van der Waals surface area contributed by atoms with Gasteiger partial charge in [0.1, 0.15) is 29.1 Å². The lowest BCUT2D eigenvalue weighted by Gasteiger charge is -2.58. The van der Waals surface area contributed by atoms with Crippen molar-refractivity contribution in [3.05, 3.63) is 11.6 Å². The third-order valence-corrected chi connectivity index (χ3v) is 12.4. The summed E-state index contributed by atoms with van der Waals surface area (Å²) in [6.45, 7) is 14.1. The van der Waals surface area contributed by atoms with Crippen LogP contribution in [0.15, 0.2) is 11.6 Å². The lowest BCUT2D eigenvalue weighted by atomic mass is 9.47. The minimum atomic E-state index is -0.221. The van der Waals surface area contributed by atoms with Crippen molar-refractivity contribution in [1.82, 2.24) is 5.32 Å². The Morgan fingerprint density at radius 3 is 2.56 bits per heavy atom. The first-order chi connectivity index (χ1) is 18.7. The summed E-state index contributed by atoms with van der Waals surface area (Å²) in [5, 5.41) is 2.99. The molecule has 0 aromatic carbocycles. The van der Waals surface area contributed by atoms with Crippen LogP contribution in [-0.2, 0) is 7.80 Å². The molecule has 224 valence electrons. The van der Waals surface area contributed by atoms with Crippen LogP contribution in [0, 0.1) is 46.3 Å². The number of alkyl carbamates (subject to hydrolysis) is 1. The summed E-state index contributed by atoms with van der Waals surface area (Å²) >= 11 is 1.95. The zero-order chi connectivity index (χ0) is 28.0. The molecule has 4 aliphatic rings. The van der Waals surface area contributed by atoms with E-state index < -0.39 is 0 Å². The number of unbranched alkanes of at least 4 members (excludes halogenated alkanes) is 3. The molecule has 0 saturated heterocycles. The number of carbonyl (C=O) groups excluding carboxylic acids is 1. The Hall–Kier alpha value is -0.300. The summed E-state index contributed by atoms with van der Waals surface area (Å²) in [5.41, 5.74) is 2.45. The van der Waals surface area contributed by atoms with Crippen LogP contribution in [0.5, 0.6) is 0 Å². The molecule has 0 bridgehead atoms. The van der Waals surface area contributed by atoms with Gasteiger partial charge >= 0.3 is 6.09 Å². The number of halogens is 1. The van der Waals surface area contributed by atoms with Gasteiger partial charge in [0.05, 0.1) is 6.61 Å². The Morgan fingerprint density at radius 1 is 1.00 bits per heavy atom. The van der Waals surface area contributed by atoms with Crippen molar-refractivity contribution in [2.75, 3.05) is 13.2 Å². The van der Waals surface area contributed by atoms with Gasteiger partial charge in [-0.05, 0) is 104 Å². The van der Waals surface area contributed by atoms with Crippen LogP contribution in [-0.4, -0.2) is 25.3 Å². The quantitative estimate of drug-likeness (QED) is 0.122.